The van der Waals surface area contributed by atoms with Crippen LogP contribution in [-0.2, 0) is 9.59 Å². The van der Waals surface area contributed by atoms with Crippen molar-refractivity contribution in [1.82, 2.24) is 20.1 Å². The molecule has 0 saturated carbocycles. The molecule has 0 spiro atoms. The lowest BCUT2D eigenvalue weighted by atomic mass is 9.77. The summed E-state index contributed by atoms with van der Waals surface area (Å²) in [4.78, 5) is 47.8. The number of aromatic nitrogens is 1. The van der Waals surface area contributed by atoms with Gasteiger partial charge in [0.1, 0.15) is 0 Å². The Hall–Kier alpha value is -2.64. The maximum atomic E-state index is 13.5. The number of piperidine rings is 2. The highest BCUT2D eigenvalue weighted by Gasteiger charge is 2.43. The number of likely N-dealkylation sites (tertiary alicyclic amines) is 1. The molecule has 2 bridgehead atoms. The topological polar surface area (TPSA) is 91.8 Å². The van der Waals surface area contributed by atoms with E-state index in [0.717, 1.165) is 32.1 Å². The molecule has 36 heavy (non-hydrogen) atoms. The van der Waals surface area contributed by atoms with Gasteiger partial charge in [0.25, 0.3) is 5.91 Å². The normalized spacial score (nSPS) is 30.0. The smallest absolute Gasteiger partial charge is 0.254 e. The fourth-order valence-electron chi connectivity index (χ4n) is 6.31. The fraction of sp³-hybridized carbons (Fsp3) is 0.714. The summed E-state index contributed by atoms with van der Waals surface area (Å²) in [6.07, 6.45) is 7.03. The van der Waals surface area contributed by atoms with Crippen LogP contribution in [0.15, 0.2) is 18.3 Å². The highest BCUT2D eigenvalue weighted by atomic mass is 16.5. The predicted octanol–water partition coefficient (Wildman–Crippen LogP) is 3.51. The van der Waals surface area contributed by atoms with Crippen LogP contribution in [0.3, 0.4) is 0 Å². The van der Waals surface area contributed by atoms with Crippen LogP contribution < -0.4 is 10.1 Å². The number of rotatable bonds is 3. The van der Waals surface area contributed by atoms with Gasteiger partial charge in [-0.3, -0.25) is 14.4 Å². The average molecular weight is 499 g/mol. The van der Waals surface area contributed by atoms with Crippen LogP contribution in [0.4, 0.5) is 0 Å². The molecule has 3 aliphatic rings. The number of carbonyl (C=O) groups is 3. The van der Waals surface area contributed by atoms with Crippen LogP contribution in [0, 0.1) is 23.7 Å². The monoisotopic (exact) mass is 498 g/mol. The Morgan fingerprint density at radius 1 is 1.17 bits per heavy atom. The fourth-order valence-corrected chi connectivity index (χ4v) is 6.31. The van der Waals surface area contributed by atoms with Gasteiger partial charge in [0, 0.05) is 62.4 Å². The van der Waals surface area contributed by atoms with E-state index in [1.807, 2.05) is 4.90 Å². The molecule has 0 unspecified atom stereocenters. The molecule has 1 N–H and O–H groups in total. The van der Waals surface area contributed by atoms with Crippen molar-refractivity contribution in [1.29, 1.82) is 0 Å². The van der Waals surface area contributed by atoms with Crippen LogP contribution in [-0.4, -0.2) is 71.3 Å². The third kappa shape index (κ3) is 6.19. The van der Waals surface area contributed by atoms with Gasteiger partial charge in [-0.2, -0.15) is 0 Å². The zero-order valence-electron chi connectivity index (χ0n) is 22.2. The van der Waals surface area contributed by atoms with E-state index in [0.29, 0.717) is 49.8 Å². The second-order valence-corrected chi connectivity index (χ2v) is 11.5. The summed E-state index contributed by atoms with van der Waals surface area (Å²) < 4.78 is 5.20. The molecule has 0 radical (unpaired) electrons. The maximum absolute atomic E-state index is 13.5. The first-order valence-corrected chi connectivity index (χ1v) is 13.6. The second kappa shape index (κ2) is 11.6. The Kier molecular flexibility index (Phi) is 8.52. The molecule has 0 aromatic carbocycles. The van der Waals surface area contributed by atoms with Crippen molar-refractivity contribution in [3.63, 3.8) is 0 Å². The van der Waals surface area contributed by atoms with E-state index in [1.54, 1.807) is 25.4 Å². The van der Waals surface area contributed by atoms with E-state index in [1.165, 1.54) is 0 Å². The van der Waals surface area contributed by atoms with Crippen LogP contribution in [0.2, 0.25) is 0 Å². The van der Waals surface area contributed by atoms with E-state index < -0.39 is 0 Å². The Morgan fingerprint density at radius 2 is 1.97 bits per heavy atom. The number of ether oxygens (including phenoxy) is 1. The van der Waals surface area contributed by atoms with Crippen molar-refractivity contribution in [3.8, 4) is 5.88 Å². The number of amides is 3. The van der Waals surface area contributed by atoms with Crippen molar-refractivity contribution in [2.45, 2.75) is 77.8 Å². The molecule has 8 heteroatoms. The molecule has 0 aliphatic carbocycles. The largest absolute Gasteiger partial charge is 0.481 e. The van der Waals surface area contributed by atoms with Crippen LogP contribution in [0.1, 0.15) is 76.1 Å². The van der Waals surface area contributed by atoms with Gasteiger partial charge in [-0.1, -0.05) is 20.8 Å². The summed E-state index contributed by atoms with van der Waals surface area (Å²) in [6.45, 7) is 8.43. The molecule has 1 aromatic rings. The van der Waals surface area contributed by atoms with E-state index in [-0.39, 0.29) is 47.6 Å². The lowest BCUT2D eigenvalue weighted by molar-refractivity contribution is -0.141. The minimum absolute atomic E-state index is 0.0115. The third-order valence-electron chi connectivity index (χ3n) is 8.32. The minimum atomic E-state index is -0.0115. The zero-order valence-corrected chi connectivity index (χ0v) is 22.2. The molecular weight excluding hydrogens is 456 g/mol. The second-order valence-electron chi connectivity index (χ2n) is 11.5. The van der Waals surface area contributed by atoms with E-state index in [2.05, 4.69) is 36.0 Å². The molecule has 3 aliphatic heterocycles. The van der Waals surface area contributed by atoms with Crippen molar-refractivity contribution < 1.29 is 19.1 Å². The van der Waals surface area contributed by atoms with Crippen LogP contribution in [0.25, 0.3) is 0 Å². The third-order valence-corrected chi connectivity index (χ3v) is 8.32. The standard InChI is InChI=1S/C28H42N4O4/c1-18(2)23-9-8-19(3)12-27(34)32-16-20-13-22(24(32)6-5-7-25(33)30-23)17-31(15-20)28(35)21-10-11-29-26(14-21)36-4/h10-11,14,18-20,22-24H,5-9,12-13,15-17H2,1-4H3,(H,30,33)/t19-,20+,22+,23+,24+/m1/s1. The van der Waals surface area contributed by atoms with Gasteiger partial charge in [-0.05, 0) is 61.8 Å². The van der Waals surface area contributed by atoms with Gasteiger partial charge < -0.3 is 19.9 Å². The average Bonchev–Trinajstić information content (AvgIpc) is 2.87. The molecule has 4 heterocycles. The number of nitrogens with zero attached hydrogens (tertiary/aromatic N) is 3. The van der Waals surface area contributed by atoms with Crippen molar-refractivity contribution in [3.05, 3.63) is 23.9 Å². The number of methoxy groups -OCH3 is 1. The molecule has 4 rings (SSSR count). The first-order valence-electron chi connectivity index (χ1n) is 13.6. The molecule has 5 atom stereocenters. The number of carbonyl (C=O) groups excluding carboxylic acids is 3. The summed E-state index contributed by atoms with van der Waals surface area (Å²) in [5.74, 6) is 1.91. The van der Waals surface area contributed by atoms with E-state index in [4.69, 9.17) is 4.74 Å². The van der Waals surface area contributed by atoms with Gasteiger partial charge in [-0.15, -0.1) is 0 Å². The van der Waals surface area contributed by atoms with Crippen molar-refractivity contribution in [2.24, 2.45) is 23.7 Å². The number of hydrogen-bond donors (Lipinski definition) is 1. The zero-order chi connectivity index (χ0) is 25.8. The Bertz CT molecular complexity index is 951. The first-order chi connectivity index (χ1) is 17.2. The summed E-state index contributed by atoms with van der Waals surface area (Å²) in [5, 5.41) is 3.25. The number of hydrogen-bond acceptors (Lipinski definition) is 5. The van der Waals surface area contributed by atoms with Gasteiger partial charge in [0.05, 0.1) is 7.11 Å². The maximum Gasteiger partial charge on any atom is 0.254 e. The molecule has 198 valence electrons. The molecule has 3 fully saturated rings. The highest BCUT2D eigenvalue weighted by molar-refractivity contribution is 5.94. The summed E-state index contributed by atoms with van der Waals surface area (Å²) >= 11 is 0. The van der Waals surface area contributed by atoms with Gasteiger partial charge in [0.2, 0.25) is 17.7 Å². The predicted molar refractivity (Wildman–Crippen MR) is 137 cm³/mol. The SMILES string of the molecule is COc1cc(C(=O)N2C[C@@H]3C[C@@H](C2)[C@@H]2CCCC(=O)N[C@H](C(C)C)CC[C@@H](C)CC(=O)N2C3)ccn1. The summed E-state index contributed by atoms with van der Waals surface area (Å²) in [6, 6.07) is 3.64. The van der Waals surface area contributed by atoms with Gasteiger partial charge in [0.15, 0.2) is 0 Å². The number of nitrogens with one attached hydrogen (secondary N) is 1. The molecular formula is C28H42N4O4. The van der Waals surface area contributed by atoms with Crippen molar-refractivity contribution in [2.75, 3.05) is 26.7 Å². The molecule has 3 amide bonds. The van der Waals surface area contributed by atoms with Gasteiger partial charge >= 0.3 is 0 Å². The number of pyridine rings is 1. The summed E-state index contributed by atoms with van der Waals surface area (Å²) in [5.41, 5.74) is 0.579. The first kappa shape index (κ1) is 26.4. The van der Waals surface area contributed by atoms with E-state index >= 15 is 0 Å². The lowest BCUT2D eigenvalue weighted by Gasteiger charge is -2.51. The van der Waals surface area contributed by atoms with Gasteiger partial charge in [-0.25, -0.2) is 4.98 Å². The van der Waals surface area contributed by atoms with E-state index in [9.17, 15) is 14.4 Å². The lowest BCUT2D eigenvalue weighted by Crippen LogP contribution is -2.60. The molecule has 1 aromatic heterocycles. The Labute approximate surface area is 215 Å². The Morgan fingerprint density at radius 3 is 2.72 bits per heavy atom. The van der Waals surface area contributed by atoms with Crippen molar-refractivity contribution >= 4 is 17.7 Å². The van der Waals surface area contributed by atoms with Crippen LogP contribution >= 0.6 is 0 Å². The molecule has 3 saturated heterocycles. The highest BCUT2D eigenvalue weighted by Crippen LogP contribution is 2.37. The summed E-state index contributed by atoms with van der Waals surface area (Å²) in [7, 11) is 1.54. The Balaban J connectivity index is 1.50. The number of fused-ring (bicyclic) bond motifs is 4. The minimum Gasteiger partial charge on any atom is -0.481 e. The van der Waals surface area contributed by atoms with Crippen LogP contribution in [0.5, 0.6) is 5.88 Å². The molecule has 8 nitrogen and oxygen atoms in total. The quantitative estimate of drug-likeness (QED) is 0.689.